The standard InChI is InChI=1S/C18H16Cl2N2O3/c1-2-5-12-6-3-7-13(18(12)24)10-21-22-16(23)11-25-15-9-4-8-14(19)17(15)20/h2-4,6-10,24H,1,5,11H2,(H,22,23)/b21-10+. The number of rotatable bonds is 7. The topological polar surface area (TPSA) is 70.9 Å². The highest BCUT2D eigenvalue weighted by Crippen LogP contribution is 2.31. The molecule has 2 N–H and O–H groups in total. The Kier molecular flexibility index (Phi) is 6.86. The molecule has 0 aliphatic heterocycles. The molecule has 0 saturated carbocycles. The number of hydrogen-bond acceptors (Lipinski definition) is 4. The van der Waals surface area contributed by atoms with E-state index >= 15 is 0 Å². The van der Waals surface area contributed by atoms with Crippen LogP contribution in [0.5, 0.6) is 11.5 Å². The predicted octanol–water partition coefficient (Wildman–Crippen LogP) is 3.96. The maximum Gasteiger partial charge on any atom is 0.277 e. The van der Waals surface area contributed by atoms with E-state index in [-0.39, 0.29) is 17.4 Å². The zero-order chi connectivity index (χ0) is 18.2. The molecule has 130 valence electrons. The first-order chi connectivity index (χ1) is 12.0. The summed E-state index contributed by atoms with van der Waals surface area (Å²) >= 11 is 11.8. The molecule has 5 nitrogen and oxygen atoms in total. The highest BCUT2D eigenvalue weighted by Gasteiger charge is 2.08. The summed E-state index contributed by atoms with van der Waals surface area (Å²) in [5, 5.41) is 14.5. The number of aromatic hydroxyl groups is 1. The van der Waals surface area contributed by atoms with Crippen molar-refractivity contribution in [1.29, 1.82) is 0 Å². The molecule has 25 heavy (non-hydrogen) atoms. The fourth-order valence-electron chi connectivity index (χ4n) is 1.98. The van der Waals surface area contributed by atoms with E-state index in [1.54, 1.807) is 42.5 Å². The Balaban J connectivity index is 1.91. The third-order valence-electron chi connectivity index (χ3n) is 3.18. The van der Waals surface area contributed by atoms with Gasteiger partial charge in [-0.3, -0.25) is 4.79 Å². The number of carbonyl (C=O) groups excluding carboxylic acids is 1. The molecule has 2 aromatic carbocycles. The number of hydrogen-bond donors (Lipinski definition) is 2. The number of hydrazone groups is 1. The van der Waals surface area contributed by atoms with Crippen molar-refractivity contribution in [3.63, 3.8) is 0 Å². The molecule has 0 bridgehead atoms. The number of phenolic OH excluding ortho intramolecular Hbond substituents is 1. The molecular weight excluding hydrogens is 363 g/mol. The van der Waals surface area contributed by atoms with Crippen molar-refractivity contribution in [2.75, 3.05) is 6.61 Å². The van der Waals surface area contributed by atoms with E-state index in [1.807, 2.05) is 0 Å². The van der Waals surface area contributed by atoms with Crippen molar-refractivity contribution in [3.8, 4) is 11.5 Å². The minimum absolute atomic E-state index is 0.0994. The van der Waals surface area contributed by atoms with Crippen molar-refractivity contribution in [2.45, 2.75) is 6.42 Å². The van der Waals surface area contributed by atoms with Gasteiger partial charge in [0, 0.05) is 5.56 Å². The van der Waals surface area contributed by atoms with Crippen LogP contribution in [-0.4, -0.2) is 23.8 Å². The Morgan fingerprint density at radius 3 is 2.80 bits per heavy atom. The molecule has 0 spiro atoms. The predicted molar refractivity (Wildman–Crippen MR) is 99.7 cm³/mol. The Labute approximate surface area is 155 Å². The number of phenols is 1. The van der Waals surface area contributed by atoms with Gasteiger partial charge in [-0.05, 0) is 30.2 Å². The van der Waals surface area contributed by atoms with Gasteiger partial charge in [0.25, 0.3) is 5.91 Å². The SMILES string of the molecule is C=CCc1cccc(/C=N/NC(=O)COc2cccc(Cl)c2Cl)c1O. The Bertz CT molecular complexity index is 807. The molecule has 7 heteroatoms. The number of halogens is 2. The van der Waals surface area contributed by atoms with Crippen LogP contribution in [-0.2, 0) is 11.2 Å². The van der Waals surface area contributed by atoms with Gasteiger partial charge in [-0.1, -0.05) is 47.5 Å². The van der Waals surface area contributed by atoms with Gasteiger partial charge in [0.05, 0.1) is 11.2 Å². The second-order valence-electron chi connectivity index (χ2n) is 4.98. The summed E-state index contributed by atoms with van der Waals surface area (Å²) in [4.78, 5) is 11.8. The Morgan fingerprint density at radius 2 is 2.04 bits per heavy atom. The lowest BCUT2D eigenvalue weighted by atomic mass is 10.1. The van der Waals surface area contributed by atoms with Gasteiger partial charge in [0.1, 0.15) is 16.5 Å². The van der Waals surface area contributed by atoms with Gasteiger partial charge in [-0.2, -0.15) is 5.10 Å². The first-order valence-corrected chi connectivity index (χ1v) is 8.09. The zero-order valence-electron chi connectivity index (χ0n) is 13.2. The number of ether oxygens (including phenoxy) is 1. The van der Waals surface area contributed by atoms with Crippen LogP contribution in [0.25, 0.3) is 0 Å². The highest BCUT2D eigenvalue weighted by molar-refractivity contribution is 6.42. The molecule has 0 heterocycles. The van der Waals surface area contributed by atoms with Gasteiger partial charge >= 0.3 is 0 Å². The third-order valence-corrected chi connectivity index (χ3v) is 3.98. The first-order valence-electron chi connectivity index (χ1n) is 7.33. The van der Waals surface area contributed by atoms with Crippen LogP contribution in [0, 0.1) is 0 Å². The molecule has 2 aromatic rings. The molecule has 0 aromatic heterocycles. The number of allylic oxidation sites excluding steroid dienone is 1. The number of nitrogens with zero attached hydrogens (tertiary/aromatic N) is 1. The third kappa shape index (κ3) is 5.24. The van der Waals surface area contributed by atoms with Crippen molar-refractivity contribution >= 4 is 35.3 Å². The van der Waals surface area contributed by atoms with Gasteiger partial charge in [-0.15, -0.1) is 6.58 Å². The summed E-state index contributed by atoms with van der Waals surface area (Å²) < 4.78 is 5.29. The molecule has 0 unspecified atom stereocenters. The second-order valence-corrected chi connectivity index (χ2v) is 5.77. The van der Waals surface area contributed by atoms with Gasteiger partial charge in [-0.25, -0.2) is 5.43 Å². The summed E-state index contributed by atoms with van der Waals surface area (Å²) in [5.74, 6) is -0.0700. The molecule has 0 aliphatic rings. The van der Waals surface area contributed by atoms with Crippen molar-refractivity contribution in [3.05, 3.63) is 70.2 Å². The lowest BCUT2D eigenvalue weighted by molar-refractivity contribution is -0.123. The van der Waals surface area contributed by atoms with E-state index in [2.05, 4.69) is 17.1 Å². The molecule has 0 fully saturated rings. The number of para-hydroxylation sites is 1. The van der Waals surface area contributed by atoms with Crippen LogP contribution in [0.15, 0.2) is 54.2 Å². The monoisotopic (exact) mass is 378 g/mol. The largest absolute Gasteiger partial charge is 0.507 e. The normalized spacial score (nSPS) is 10.6. The maximum absolute atomic E-state index is 11.8. The zero-order valence-corrected chi connectivity index (χ0v) is 14.7. The fourth-order valence-corrected chi connectivity index (χ4v) is 2.33. The van der Waals surface area contributed by atoms with Crippen molar-refractivity contribution in [2.24, 2.45) is 5.10 Å². The van der Waals surface area contributed by atoms with Gasteiger partial charge in [0.2, 0.25) is 0 Å². The minimum Gasteiger partial charge on any atom is -0.507 e. The molecule has 0 atom stereocenters. The van der Waals surface area contributed by atoms with Gasteiger partial charge < -0.3 is 9.84 Å². The minimum atomic E-state index is -0.478. The van der Waals surface area contributed by atoms with E-state index in [0.29, 0.717) is 22.8 Å². The Hall–Kier alpha value is -2.50. The summed E-state index contributed by atoms with van der Waals surface area (Å²) in [6.07, 6.45) is 3.58. The lowest BCUT2D eigenvalue weighted by Crippen LogP contribution is -2.24. The van der Waals surface area contributed by atoms with Crippen molar-refractivity contribution in [1.82, 2.24) is 5.43 Å². The van der Waals surface area contributed by atoms with Crippen LogP contribution in [0.4, 0.5) is 0 Å². The van der Waals surface area contributed by atoms with Gasteiger partial charge in [0.15, 0.2) is 6.61 Å². The number of benzene rings is 2. The average Bonchev–Trinajstić information content (AvgIpc) is 2.59. The molecule has 2 rings (SSSR count). The molecule has 0 aliphatic carbocycles. The molecule has 0 radical (unpaired) electrons. The van der Waals surface area contributed by atoms with Crippen molar-refractivity contribution < 1.29 is 14.6 Å². The number of amides is 1. The van der Waals surface area contributed by atoms with E-state index in [4.69, 9.17) is 27.9 Å². The molecular formula is C18H16Cl2N2O3. The van der Waals surface area contributed by atoms with Crippen LogP contribution in [0.3, 0.4) is 0 Å². The molecule has 1 amide bonds. The Morgan fingerprint density at radius 1 is 1.28 bits per heavy atom. The van der Waals surface area contributed by atoms with E-state index in [0.717, 1.165) is 5.56 Å². The van der Waals surface area contributed by atoms with Crippen LogP contribution < -0.4 is 10.2 Å². The average molecular weight is 379 g/mol. The lowest BCUT2D eigenvalue weighted by Gasteiger charge is -2.07. The second kappa shape index (κ2) is 9.11. The molecule has 0 saturated heterocycles. The maximum atomic E-state index is 11.8. The quantitative estimate of drug-likeness (QED) is 0.435. The smallest absolute Gasteiger partial charge is 0.277 e. The van der Waals surface area contributed by atoms with E-state index in [9.17, 15) is 9.90 Å². The van der Waals surface area contributed by atoms with E-state index < -0.39 is 5.91 Å². The summed E-state index contributed by atoms with van der Waals surface area (Å²) in [7, 11) is 0. The summed E-state index contributed by atoms with van der Waals surface area (Å²) in [6.45, 7) is 3.36. The first kappa shape index (κ1) is 18.8. The summed E-state index contributed by atoms with van der Waals surface area (Å²) in [5.41, 5.74) is 3.52. The fraction of sp³-hybridized carbons (Fsp3) is 0.111. The van der Waals surface area contributed by atoms with Crippen LogP contribution >= 0.6 is 23.2 Å². The highest BCUT2D eigenvalue weighted by atomic mass is 35.5. The van der Waals surface area contributed by atoms with Crippen LogP contribution in [0.1, 0.15) is 11.1 Å². The number of carbonyl (C=O) groups is 1. The van der Waals surface area contributed by atoms with E-state index in [1.165, 1.54) is 6.21 Å². The number of nitrogens with one attached hydrogen (secondary N) is 1. The summed E-state index contributed by atoms with van der Waals surface area (Å²) in [6, 6.07) is 10.1. The van der Waals surface area contributed by atoms with Crippen LogP contribution in [0.2, 0.25) is 10.0 Å².